The number of rotatable bonds is 9. The number of benzene rings is 1. The van der Waals surface area contributed by atoms with Crippen molar-refractivity contribution in [3.8, 4) is 0 Å². The molecule has 3 aromatic rings. The van der Waals surface area contributed by atoms with Crippen molar-refractivity contribution in [2.24, 2.45) is 0 Å². The maximum Gasteiger partial charge on any atom is 0.267 e. The number of nitrogens with zero attached hydrogens (tertiary/aromatic N) is 3. The van der Waals surface area contributed by atoms with Crippen LogP contribution in [-0.2, 0) is 11.2 Å². The van der Waals surface area contributed by atoms with E-state index in [9.17, 15) is 9.59 Å². The van der Waals surface area contributed by atoms with Gasteiger partial charge in [0.2, 0.25) is 0 Å². The Labute approximate surface area is 209 Å². The third-order valence-electron chi connectivity index (χ3n) is 5.69. The normalized spacial score (nSPS) is 15.0. The smallest absolute Gasteiger partial charge is 0.267 e. The Kier molecular flexibility index (Phi) is 7.80. The van der Waals surface area contributed by atoms with Gasteiger partial charge in [-0.25, -0.2) is 4.98 Å². The predicted octanol–water partition coefficient (Wildman–Crippen LogP) is 5.05. The summed E-state index contributed by atoms with van der Waals surface area (Å²) in [4.78, 5) is 33.4. The van der Waals surface area contributed by atoms with Gasteiger partial charge in [-0.1, -0.05) is 80.1 Å². The molecule has 1 aliphatic rings. The van der Waals surface area contributed by atoms with Gasteiger partial charge in [-0.3, -0.25) is 18.9 Å². The van der Waals surface area contributed by atoms with Crippen molar-refractivity contribution in [2.45, 2.75) is 39.5 Å². The number of unbranched alkanes of at least 4 members (excludes halogenated alkanes) is 2. The van der Waals surface area contributed by atoms with Crippen molar-refractivity contribution < 1.29 is 4.79 Å². The first-order chi connectivity index (χ1) is 16.5. The second-order valence-corrected chi connectivity index (χ2v) is 9.99. The van der Waals surface area contributed by atoms with Crippen LogP contribution in [0.3, 0.4) is 0 Å². The number of fused-ring (bicyclic) bond motifs is 1. The molecule has 1 N–H and O–H groups in total. The van der Waals surface area contributed by atoms with E-state index in [0.29, 0.717) is 45.8 Å². The SMILES string of the molecule is CCCCCNc1nc2ccc(C)cn2c(=O)c1/C=C1/SC(=S)N(CCc2ccccc2)C1=O. The van der Waals surface area contributed by atoms with Gasteiger partial charge in [0, 0.05) is 19.3 Å². The fourth-order valence-corrected chi connectivity index (χ4v) is 5.11. The minimum Gasteiger partial charge on any atom is -0.369 e. The number of hydrogen-bond donors (Lipinski definition) is 1. The molecular formula is C26H28N4O2S2. The van der Waals surface area contributed by atoms with Crippen LogP contribution in [0.25, 0.3) is 11.7 Å². The van der Waals surface area contributed by atoms with Crippen LogP contribution in [0.2, 0.25) is 0 Å². The fraction of sp³-hybridized carbons (Fsp3) is 0.308. The van der Waals surface area contributed by atoms with Gasteiger partial charge in [-0.2, -0.15) is 0 Å². The van der Waals surface area contributed by atoms with E-state index in [1.165, 1.54) is 16.2 Å². The molecule has 1 amide bonds. The maximum atomic E-state index is 13.4. The number of aryl methyl sites for hydroxylation is 1. The van der Waals surface area contributed by atoms with Crippen LogP contribution in [0.4, 0.5) is 5.82 Å². The van der Waals surface area contributed by atoms with Gasteiger partial charge in [-0.15, -0.1) is 0 Å². The molecule has 176 valence electrons. The summed E-state index contributed by atoms with van der Waals surface area (Å²) in [5.41, 5.74) is 2.84. The van der Waals surface area contributed by atoms with Crippen molar-refractivity contribution in [2.75, 3.05) is 18.4 Å². The van der Waals surface area contributed by atoms with Crippen LogP contribution in [0, 0.1) is 6.92 Å². The third kappa shape index (κ3) is 5.39. The van der Waals surface area contributed by atoms with Crippen LogP contribution in [-0.4, -0.2) is 37.6 Å². The number of thiocarbonyl (C=S) groups is 1. The van der Waals surface area contributed by atoms with Crippen LogP contribution in [0.15, 0.2) is 58.4 Å². The van der Waals surface area contributed by atoms with E-state index < -0.39 is 0 Å². The van der Waals surface area contributed by atoms with Crippen LogP contribution >= 0.6 is 24.0 Å². The summed E-state index contributed by atoms with van der Waals surface area (Å²) >= 11 is 6.73. The molecule has 0 saturated carbocycles. The van der Waals surface area contributed by atoms with Crippen LogP contribution < -0.4 is 10.9 Å². The number of hydrogen-bond acceptors (Lipinski definition) is 6. The zero-order valence-electron chi connectivity index (χ0n) is 19.4. The first kappa shape index (κ1) is 24.2. The van der Waals surface area contributed by atoms with Crippen molar-refractivity contribution in [3.63, 3.8) is 0 Å². The molecule has 6 nitrogen and oxygen atoms in total. The molecule has 2 aromatic heterocycles. The Morgan fingerprint density at radius 1 is 1.12 bits per heavy atom. The van der Waals surface area contributed by atoms with Gasteiger partial charge in [0.25, 0.3) is 11.5 Å². The zero-order chi connectivity index (χ0) is 24.1. The summed E-state index contributed by atoms with van der Waals surface area (Å²) in [5, 5.41) is 3.32. The van der Waals surface area contributed by atoms with Crippen molar-refractivity contribution in [3.05, 3.63) is 80.6 Å². The van der Waals surface area contributed by atoms with Gasteiger partial charge in [-0.05, 0) is 43.0 Å². The minimum atomic E-state index is -0.207. The maximum absolute atomic E-state index is 13.4. The van der Waals surface area contributed by atoms with Gasteiger partial charge >= 0.3 is 0 Å². The van der Waals surface area contributed by atoms with E-state index in [0.717, 1.165) is 30.4 Å². The zero-order valence-corrected chi connectivity index (χ0v) is 21.0. The summed E-state index contributed by atoms with van der Waals surface area (Å²) in [6, 6.07) is 13.8. The average molecular weight is 493 g/mol. The monoisotopic (exact) mass is 492 g/mol. The van der Waals surface area contributed by atoms with E-state index in [2.05, 4.69) is 12.2 Å². The number of nitrogens with one attached hydrogen (secondary N) is 1. The lowest BCUT2D eigenvalue weighted by Crippen LogP contribution is -2.30. The average Bonchev–Trinajstić information content (AvgIpc) is 3.10. The molecule has 1 aliphatic heterocycles. The third-order valence-corrected chi connectivity index (χ3v) is 7.07. The summed E-state index contributed by atoms with van der Waals surface area (Å²) < 4.78 is 2.04. The van der Waals surface area contributed by atoms with Crippen molar-refractivity contribution in [1.82, 2.24) is 14.3 Å². The number of anilines is 1. The standard InChI is InChI=1S/C26H28N4O2S2/c1-3-4-8-14-27-23-20(24(31)30-17-18(2)11-12-22(30)28-23)16-21-25(32)29(26(33)34-21)15-13-19-9-6-5-7-10-19/h5-7,9-12,16-17,27H,3-4,8,13-15H2,1-2H3/b21-16+. The molecule has 1 saturated heterocycles. The molecule has 0 radical (unpaired) electrons. The van der Waals surface area contributed by atoms with E-state index in [1.54, 1.807) is 17.2 Å². The van der Waals surface area contributed by atoms with Gasteiger partial charge < -0.3 is 5.32 Å². The molecule has 0 atom stereocenters. The molecule has 34 heavy (non-hydrogen) atoms. The van der Waals surface area contributed by atoms with Gasteiger partial charge in [0.1, 0.15) is 15.8 Å². The molecule has 1 fully saturated rings. The Bertz CT molecular complexity index is 1300. The van der Waals surface area contributed by atoms with Crippen molar-refractivity contribution in [1.29, 1.82) is 0 Å². The topological polar surface area (TPSA) is 66.7 Å². The molecule has 0 spiro atoms. The summed E-state index contributed by atoms with van der Waals surface area (Å²) in [7, 11) is 0. The number of pyridine rings is 1. The molecule has 8 heteroatoms. The van der Waals surface area contributed by atoms with E-state index in [4.69, 9.17) is 17.2 Å². The van der Waals surface area contributed by atoms with Crippen LogP contribution in [0.5, 0.6) is 0 Å². The lowest BCUT2D eigenvalue weighted by Gasteiger charge is -2.14. The highest BCUT2D eigenvalue weighted by molar-refractivity contribution is 8.26. The first-order valence-electron chi connectivity index (χ1n) is 11.5. The number of carbonyl (C=O) groups excluding carboxylic acids is 1. The number of thioether (sulfide) groups is 1. The first-order valence-corrected chi connectivity index (χ1v) is 12.8. The number of amides is 1. The van der Waals surface area contributed by atoms with E-state index >= 15 is 0 Å². The molecule has 3 heterocycles. The molecule has 1 aromatic carbocycles. The van der Waals surface area contributed by atoms with E-state index in [-0.39, 0.29) is 11.5 Å². The molecule has 0 aliphatic carbocycles. The Balaban J connectivity index is 1.65. The Morgan fingerprint density at radius 3 is 2.68 bits per heavy atom. The molecule has 0 bridgehead atoms. The second kappa shape index (κ2) is 11.0. The largest absolute Gasteiger partial charge is 0.369 e. The highest BCUT2D eigenvalue weighted by Crippen LogP contribution is 2.33. The van der Waals surface area contributed by atoms with E-state index in [1.807, 2.05) is 49.4 Å². The van der Waals surface area contributed by atoms with Gasteiger partial charge in [0.05, 0.1) is 10.5 Å². The summed E-state index contributed by atoms with van der Waals surface area (Å²) in [5.74, 6) is 0.330. The quantitative estimate of drug-likeness (QED) is 0.256. The number of aromatic nitrogens is 2. The Hall–Kier alpha value is -2.97. The molecular weight excluding hydrogens is 464 g/mol. The highest BCUT2D eigenvalue weighted by atomic mass is 32.2. The second-order valence-electron chi connectivity index (χ2n) is 8.32. The Morgan fingerprint density at radius 2 is 1.91 bits per heavy atom. The summed E-state index contributed by atoms with van der Waals surface area (Å²) in [6.07, 6.45) is 7.31. The predicted molar refractivity (Wildman–Crippen MR) is 144 cm³/mol. The lowest BCUT2D eigenvalue weighted by molar-refractivity contribution is -0.122. The fourth-order valence-electron chi connectivity index (χ4n) is 3.81. The number of carbonyl (C=O) groups is 1. The summed E-state index contributed by atoms with van der Waals surface area (Å²) in [6.45, 7) is 5.29. The van der Waals surface area contributed by atoms with Crippen LogP contribution in [0.1, 0.15) is 42.9 Å². The van der Waals surface area contributed by atoms with Gasteiger partial charge in [0.15, 0.2) is 0 Å². The minimum absolute atomic E-state index is 0.170. The highest BCUT2D eigenvalue weighted by Gasteiger charge is 2.32. The lowest BCUT2D eigenvalue weighted by atomic mass is 10.1. The molecule has 4 rings (SSSR count). The van der Waals surface area contributed by atoms with Crippen molar-refractivity contribution >= 4 is 51.7 Å². The molecule has 0 unspecified atom stereocenters.